The molecule has 0 saturated carbocycles. The number of nitrogens with one attached hydrogen (secondary N) is 1. The van der Waals surface area contributed by atoms with Gasteiger partial charge in [-0.1, -0.05) is 30.3 Å². The van der Waals surface area contributed by atoms with Crippen LogP contribution in [0.5, 0.6) is 11.8 Å². The molecule has 3 heterocycles. The average molecular weight is 488 g/mol. The maximum Gasteiger partial charge on any atom is 0.319 e. The zero-order valence-electron chi connectivity index (χ0n) is 20.4. The number of likely N-dealkylation sites (tertiary alicyclic amines) is 1. The number of anilines is 1. The Labute approximate surface area is 209 Å². The zero-order chi connectivity index (χ0) is 24.6. The Hall–Kier alpha value is -3.49. The fourth-order valence-corrected chi connectivity index (χ4v) is 5.39. The highest BCUT2D eigenvalue weighted by Gasteiger charge is 2.24. The molecule has 0 radical (unpaired) electrons. The van der Waals surface area contributed by atoms with E-state index in [0.29, 0.717) is 35.0 Å². The van der Waals surface area contributed by atoms with Crippen molar-refractivity contribution in [1.29, 1.82) is 0 Å². The van der Waals surface area contributed by atoms with Gasteiger partial charge in [-0.25, -0.2) is 4.39 Å². The van der Waals surface area contributed by atoms with E-state index < -0.39 is 5.82 Å². The number of benzene rings is 3. The summed E-state index contributed by atoms with van der Waals surface area (Å²) < 4.78 is 22.4. The highest BCUT2D eigenvalue weighted by atomic mass is 19.1. The van der Waals surface area contributed by atoms with Crippen LogP contribution in [0.25, 0.3) is 32.8 Å². The molecule has 3 aromatic carbocycles. The minimum absolute atomic E-state index is 0.0945. The number of rotatable bonds is 5. The monoisotopic (exact) mass is 487 g/mol. The Bertz CT molecular complexity index is 1420. The van der Waals surface area contributed by atoms with Gasteiger partial charge in [0.2, 0.25) is 0 Å². The second kappa shape index (κ2) is 9.52. The van der Waals surface area contributed by atoms with Crippen molar-refractivity contribution < 1.29 is 14.2 Å². The first-order chi connectivity index (χ1) is 17.6. The third-order valence-corrected chi connectivity index (χ3v) is 7.40. The number of likely N-dealkylation sites (N-methyl/N-ethyl adjacent to an activating group) is 1. The summed E-state index contributed by atoms with van der Waals surface area (Å²) in [6, 6.07) is 15.1. The maximum absolute atomic E-state index is 16.3. The van der Waals surface area contributed by atoms with Gasteiger partial charge in [-0.15, -0.1) is 0 Å². The van der Waals surface area contributed by atoms with Crippen LogP contribution in [-0.4, -0.2) is 72.4 Å². The van der Waals surface area contributed by atoms with Crippen LogP contribution in [0.4, 0.5) is 10.2 Å². The number of phenolic OH excluding ortho intramolecular Hbond substituents is 1. The molecular weight excluding hydrogens is 457 g/mol. The van der Waals surface area contributed by atoms with E-state index in [1.54, 1.807) is 18.2 Å². The van der Waals surface area contributed by atoms with E-state index in [0.717, 1.165) is 56.3 Å². The first-order valence-electron chi connectivity index (χ1n) is 12.6. The summed E-state index contributed by atoms with van der Waals surface area (Å²) in [5.74, 6) is 0.351. The Balaban J connectivity index is 1.48. The largest absolute Gasteiger partial charge is 0.508 e. The molecule has 0 spiro atoms. The van der Waals surface area contributed by atoms with Crippen molar-refractivity contribution in [3.05, 3.63) is 54.3 Å². The molecule has 0 amide bonds. The van der Waals surface area contributed by atoms with Gasteiger partial charge in [0.15, 0.2) is 5.82 Å². The quantitative estimate of drug-likeness (QED) is 0.438. The smallest absolute Gasteiger partial charge is 0.319 e. The minimum atomic E-state index is -0.440. The number of hydrogen-bond acceptors (Lipinski definition) is 7. The van der Waals surface area contributed by atoms with Crippen LogP contribution < -0.4 is 15.0 Å². The molecule has 4 aromatic rings. The lowest BCUT2D eigenvalue weighted by atomic mass is 9.96. The standard InChI is InChI=1S/C28H30FN5O2/c1-33-12-4-6-19(33)17-36-28-31-26-23(27(32-28)34-13-10-30-11-14-34)9-8-22(25(26)29)24-16-20(35)15-18-5-2-3-7-21(18)24/h2-3,5,7-9,15-16,19,30,35H,4,6,10-14,17H2,1H3/t19-/m0/s1. The molecule has 2 aliphatic heterocycles. The van der Waals surface area contributed by atoms with E-state index in [4.69, 9.17) is 9.72 Å². The third kappa shape index (κ3) is 4.20. The number of aromatic nitrogens is 2. The van der Waals surface area contributed by atoms with Crippen LogP contribution >= 0.6 is 0 Å². The van der Waals surface area contributed by atoms with Crippen molar-refractivity contribution >= 4 is 27.5 Å². The molecular formula is C28H30FN5O2. The minimum Gasteiger partial charge on any atom is -0.508 e. The lowest BCUT2D eigenvalue weighted by Crippen LogP contribution is -2.44. The Morgan fingerprint density at radius 1 is 1.03 bits per heavy atom. The lowest BCUT2D eigenvalue weighted by molar-refractivity contribution is 0.188. The normalized spacial score (nSPS) is 18.8. The molecule has 0 bridgehead atoms. The first kappa shape index (κ1) is 22.9. The molecule has 7 nitrogen and oxygen atoms in total. The van der Waals surface area contributed by atoms with Crippen molar-refractivity contribution in [1.82, 2.24) is 20.2 Å². The van der Waals surface area contributed by atoms with Crippen LogP contribution in [0, 0.1) is 5.82 Å². The highest BCUT2D eigenvalue weighted by molar-refractivity contribution is 6.01. The summed E-state index contributed by atoms with van der Waals surface area (Å²) in [5.41, 5.74) is 1.25. The van der Waals surface area contributed by atoms with E-state index in [2.05, 4.69) is 27.1 Å². The molecule has 36 heavy (non-hydrogen) atoms. The molecule has 8 heteroatoms. The predicted octanol–water partition coefficient (Wildman–Crippen LogP) is 4.18. The predicted molar refractivity (Wildman–Crippen MR) is 140 cm³/mol. The fourth-order valence-electron chi connectivity index (χ4n) is 5.39. The summed E-state index contributed by atoms with van der Waals surface area (Å²) in [7, 11) is 2.10. The van der Waals surface area contributed by atoms with Crippen LogP contribution in [0.1, 0.15) is 12.8 Å². The molecule has 186 valence electrons. The van der Waals surface area contributed by atoms with Gasteiger partial charge in [0.25, 0.3) is 0 Å². The number of ether oxygens (including phenoxy) is 1. The molecule has 1 aromatic heterocycles. The summed E-state index contributed by atoms with van der Waals surface area (Å²) >= 11 is 0. The summed E-state index contributed by atoms with van der Waals surface area (Å²) in [4.78, 5) is 13.8. The second-order valence-corrected chi connectivity index (χ2v) is 9.69. The Kier molecular flexibility index (Phi) is 6.07. The topological polar surface area (TPSA) is 73.8 Å². The van der Waals surface area contributed by atoms with Gasteiger partial charge in [-0.05, 0) is 61.0 Å². The van der Waals surface area contributed by atoms with E-state index >= 15 is 4.39 Å². The van der Waals surface area contributed by atoms with Gasteiger partial charge in [0.05, 0.1) is 0 Å². The molecule has 0 unspecified atom stereocenters. The number of piperazine rings is 1. The lowest BCUT2D eigenvalue weighted by Gasteiger charge is -2.29. The zero-order valence-corrected chi connectivity index (χ0v) is 20.4. The molecule has 2 saturated heterocycles. The van der Waals surface area contributed by atoms with Gasteiger partial charge in [0.1, 0.15) is 23.7 Å². The van der Waals surface area contributed by atoms with Crippen molar-refractivity contribution in [2.75, 3.05) is 51.3 Å². The van der Waals surface area contributed by atoms with Crippen molar-refractivity contribution in [2.24, 2.45) is 0 Å². The van der Waals surface area contributed by atoms with Crippen LogP contribution in [0.2, 0.25) is 0 Å². The number of fused-ring (bicyclic) bond motifs is 2. The Morgan fingerprint density at radius 2 is 1.86 bits per heavy atom. The maximum atomic E-state index is 16.3. The molecule has 1 atom stereocenters. The summed E-state index contributed by atoms with van der Waals surface area (Å²) in [5, 5.41) is 16.1. The van der Waals surface area contributed by atoms with Crippen LogP contribution in [-0.2, 0) is 0 Å². The number of halogens is 1. The molecule has 2 aliphatic rings. The van der Waals surface area contributed by atoms with Crippen molar-refractivity contribution in [3.63, 3.8) is 0 Å². The average Bonchev–Trinajstić information content (AvgIpc) is 3.32. The van der Waals surface area contributed by atoms with Crippen molar-refractivity contribution in [2.45, 2.75) is 18.9 Å². The summed E-state index contributed by atoms with van der Waals surface area (Å²) in [6.07, 6.45) is 2.21. The van der Waals surface area contributed by atoms with E-state index in [1.807, 2.05) is 30.3 Å². The number of aromatic hydroxyl groups is 1. The molecule has 2 N–H and O–H groups in total. The van der Waals surface area contributed by atoms with Crippen molar-refractivity contribution in [3.8, 4) is 22.9 Å². The highest BCUT2D eigenvalue weighted by Crippen LogP contribution is 2.38. The molecule has 0 aliphatic carbocycles. The van der Waals surface area contributed by atoms with E-state index in [-0.39, 0.29) is 17.3 Å². The SMILES string of the molecule is CN1CCC[C@H]1COc1nc(N2CCNCC2)c2ccc(-c3cc(O)cc4ccccc34)c(F)c2n1. The first-order valence-corrected chi connectivity index (χ1v) is 12.6. The van der Waals surface area contributed by atoms with Gasteiger partial charge in [-0.3, -0.25) is 0 Å². The summed E-state index contributed by atoms with van der Waals surface area (Å²) in [6.45, 7) is 4.75. The van der Waals surface area contributed by atoms with Gasteiger partial charge in [0, 0.05) is 43.2 Å². The van der Waals surface area contributed by atoms with E-state index in [1.165, 1.54) is 0 Å². The number of phenols is 1. The van der Waals surface area contributed by atoms with Gasteiger partial charge in [-0.2, -0.15) is 9.97 Å². The number of nitrogens with zero attached hydrogens (tertiary/aromatic N) is 4. The van der Waals surface area contributed by atoms with Gasteiger partial charge < -0.3 is 25.0 Å². The van der Waals surface area contributed by atoms with E-state index in [9.17, 15) is 5.11 Å². The van der Waals surface area contributed by atoms with Crippen LogP contribution in [0.3, 0.4) is 0 Å². The second-order valence-electron chi connectivity index (χ2n) is 9.69. The number of hydrogen-bond donors (Lipinski definition) is 2. The third-order valence-electron chi connectivity index (χ3n) is 7.40. The van der Waals surface area contributed by atoms with Crippen LogP contribution in [0.15, 0.2) is 48.5 Å². The molecule has 2 fully saturated rings. The van der Waals surface area contributed by atoms with Gasteiger partial charge >= 0.3 is 6.01 Å². The molecule has 6 rings (SSSR count). The fraction of sp³-hybridized carbons (Fsp3) is 0.357. The Morgan fingerprint density at radius 3 is 2.67 bits per heavy atom.